The molecular formula is C13H15N5O2S. The van der Waals surface area contributed by atoms with Crippen LogP contribution in [0.4, 0.5) is 10.7 Å². The minimum Gasteiger partial charge on any atom is -0.341 e. The molecule has 0 unspecified atom stereocenters. The lowest BCUT2D eigenvalue weighted by molar-refractivity contribution is -0.115. The summed E-state index contributed by atoms with van der Waals surface area (Å²) >= 11 is 0.881. The SMILES string of the molecule is NC1CCN(c2nccc(C=C3SC(=O)NC3=O)n2)CC1. The highest BCUT2D eigenvalue weighted by atomic mass is 32.2. The molecule has 2 aliphatic rings. The van der Waals surface area contributed by atoms with Gasteiger partial charge in [-0.05, 0) is 36.7 Å². The van der Waals surface area contributed by atoms with Gasteiger partial charge in [0.2, 0.25) is 5.95 Å². The zero-order chi connectivity index (χ0) is 14.8. The molecule has 1 aromatic rings. The van der Waals surface area contributed by atoms with E-state index >= 15 is 0 Å². The van der Waals surface area contributed by atoms with Crippen molar-refractivity contribution in [1.82, 2.24) is 15.3 Å². The number of hydrogen-bond donors (Lipinski definition) is 2. The first kappa shape index (κ1) is 14.0. The molecule has 0 saturated carbocycles. The van der Waals surface area contributed by atoms with Crippen molar-refractivity contribution in [2.24, 2.45) is 5.73 Å². The van der Waals surface area contributed by atoms with Crippen molar-refractivity contribution in [2.75, 3.05) is 18.0 Å². The Labute approximate surface area is 126 Å². The van der Waals surface area contributed by atoms with Crippen molar-refractivity contribution in [1.29, 1.82) is 0 Å². The number of carbonyl (C=O) groups excluding carboxylic acids is 2. The van der Waals surface area contributed by atoms with Crippen LogP contribution in [0.5, 0.6) is 0 Å². The molecule has 0 aliphatic carbocycles. The summed E-state index contributed by atoms with van der Waals surface area (Å²) < 4.78 is 0. The Bertz CT molecular complexity index is 610. The number of piperidine rings is 1. The fourth-order valence-corrected chi connectivity index (χ4v) is 2.92. The normalized spacial score (nSPS) is 22.0. The summed E-state index contributed by atoms with van der Waals surface area (Å²) in [6.45, 7) is 1.66. The molecule has 110 valence electrons. The van der Waals surface area contributed by atoms with E-state index in [0.29, 0.717) is 16.5 Å². The monoisotopic (exact) mass is 305 g/mol. The lowest BCUT2D eigenvalue weighted by atomic mass is 10.1. The molecule has 1 aromatic heterocycles. The highest BCUT2D eigenvalue weighted by molar-refractivity contribution is 8.18. The smallest absolute Gasteiger partial charge is 0.290 e. The number of rotatable bonds is 2. The van der Waals surface area contributed by atoms with Crippen LogP contribution in [0.25, 0.3) is 6.08 Å². The zero-order valence-electron chi connectivity index (χ0n) is 11.3. The number of thioether (sulfide) groups is 1. The Morgan fingerprint density at radius 2 is 2.14 bits per heavy atom. The number of nitrogens with one attached hydrogen (secondary N) is 1. The van der Waals surface area contributed by atoms with Gasteiger partial charge in [0.1, 0.15) is 0 Å². The quantitative estimate of drug-likeness (QED) is 0.777. The average molecular weight is 305 g/mol. The van der Waals surface area contributed by atoms with Crippen LogP contribution in [0.3, 0.4) is 0 Å². The molecule has 0 atom stereocenters. The maximum atomic E-state index is 11.5. The van der Waals surface area contributed by atoms with Gasteiger partial charge in [-0.25, -0.2) is 9.97 Å². The zero-order valence-corrected chi connectivity index (χ0v) is 12.1. The standard InChI is InChI=1S/C13H15N5O2S/c14-8-2-5-18(6-3-8)12-15-4-1-9(16-12)7-10-11(19)17-13(20)21-10/h1,4,7-8H,2-3,5-6,14H2,(H,17,19,20). The maximum Gasteiger partial charge on any atom is 0.290 e. The molecule has 2 fully saturated rings. The fourth-order valence-electron chi connectivity index (χ4n) is 2.25. The van der Waals surface area contributed by atoms with Crippen LogP contribution in [0.1, 0.15) is 18.5 Å². The van der Waals surface area contributed by atoms with Gasteiger partial charge in [0.05, 0.1) is 10.6 Å². The number of aromatic nitrogens is 2. The van der Waals surface area contributed by atoms with Gasteiger partial charge in [0.15, 0.2) is 0 Å². The van der Waals surface area contributed by atoms with Crippen molar-refractivity contribution in [3.63, 3.8) is 0 Å². The highest BCUT2D eigenvalue weighted by Gasteiger charge is 2.25. The number of hydrogen-bond acceptors (Lipinski definition) is 7. The molecule has 0 bridgehead atoms. The van der Waals surface area contributed by atoms with Gasteiger partial charge in [0.25, 0.3) is 11.1 Å². The summed E-state index contributed by atoms with van der Waals surface area (Å²) in [6.07, 6.45) is 5.09. The van der Waals surface area contributed by atoms with E-state index in [1.807, 2.05) is 0 Å². The molecule has 0 radical (unpaired) electrons. The van der Waals surface area contributed by atoms with E-state index < -0.39 is 0 Å². The first-order valence-electron chi connectivity index (χ1n) is 6.70. The largest absolute Gasteiger partial charge is 0.341 e. The van der Waals surface area contributed by atoms with E-state index in [0.717, 1.165) is 37.7 Å². The van der Waals surface area contributed by atoms with Gasteiger partial charge >= 0.3 is 0 Å². The van der Waals surface area contributed by atoms with Crippen LogP contribution in [0.2, 0.25) is 0 Å². The first-order valence-corrected chi connectivity index (χ1v) is 7.52. The van der Waals surface area contributed by atoms with Gasteiger partial charge in [-0.1, -0.05) is 0 Å². The van der Waals surface area contributed by atoms with Crippen LogP contribution in [0.15, 0.2) is 17.2 Å². The number of amides is 2. The summed E-state index contributed by atoms with van der Waals surface area (Å²) in [4.78, 5) is 33.8. The predicted octanol–water partition coefficient (Wildman–Crippen LogP) is 0.728. The van der Waals surface area contributed by atoms with Gasteiger partial charge in [-0.15, -0.1) is 0 Å². The van der Waals surface area contributed by atoms with Crippen LogP contribution in [-0.2, 0) is 4.79 Å². The maximum absolute atomic E-state index is 11.5. The van der Waals surface area contributed by atoms with Gasteiger partial charge in [-0.2, -0.15) is 0 Å². The molecule has 3 heterocycles. The highest BCUT2D eigenvalue weighted by Crippen LogP contribution is 2.25. The topological polar surface area (TPSA) is 101 Å². The lowest BCUT2D eigenvalue weighted by Crippen LogP contribution is -2.40. The van der Waals surface area contributed by atoms with Crippen LogP contribution >= 0.6 is 11.8 Å². The minimum absolute atomic E-state index is 0.246. The molecule has 7 nitrogen and oxygen atoms in total. The van der Waals surface area contributed by atoms with E-state index in [-0.39, 0.29) is 17.2 Å². The van der Waals surface area contributed by atoms with Gasteiger partial charge in [0, 0.05) is 25.3 Å². The minimum atomic E-state index is -0.380. The number of carbonyl (C=O) groups is 2. The van der Waals surface area contributed by atoms with E-state index in [1.165, 1.54) is 0 Å². The van der Waals surface area contributed by atoms with Crippen molar-refractivity contribution in [3.05, 3.63) is 22.9 Å². The van der Waals surface area contributed by atoms with E-state index in [9.17, 15) is 9.59 Å². The Kier molecular flexibility index (Phi) is 3.89. The molecule has 3 rings (SSSR count). The molecule has 0 spiro atoms. The molecule has 3 N–H and O–H groups in total. The summed E-state index contributed by atoms with van der Waals surface area (Å²) in [5, 5.41) is 1.86. The summed E-state index contributed by atoms with van der Waals surface area (Å²) in [6, 6.07) is 1.96. The van der Waals surface area contributed by atoms with Crippen molar-refractivity contribution in [2.45, 2.75) is 18.9 Å². The predicted molar refractivity (Wildman–Crippen MR) is 80.6 cm³/mol. The van der Waals surface area contributed by atoms with E-state index in [1.54, 1.807) is 18.3 Å². The Balaban J connectivity index is 1.79. The van der Waals surface area contributed by atoms with Crippen LogP contribution < -0.4 is 16.0 Å². The second kappa shape index (κ2) is 5.82. The number of imide groups is 1. The number of anilines is 1. The number of nitrogens with two attached hydrogens (primary N) is 1. The lowest BCUT2D eigenvalue weighted by Gasteiger charge is -2.30. The molecule has 21 heavy (non-hydrogen) atoms. The average Bonchev–Trinajstić information content (AvgIpc) is 2.78. The summed E-state index contributed by atoms with van der Waals surface area (Å²) in [5.41, 5.74) is 6.50. The fraction of sp³-hybridized carbons (Fsp3) is 0.385. The number of nitrogens with zero attached hydrogens (tertiary/aromatic N) is 3. The Morgan fingerprint density at radius 3 is 2.81 bits per heavy atom. The van der Waals surface area contributed by atoms with Crippen LogP contribution in [0, 0.1) is 0 Å². The third-order valence-corrected chi connectivity index (χ3v) is 4.22. The summed E-state index contributed by atoms with van der Waals surface area (Å²) in [7, 11) is 0. The van der Waals surface area contributed by atoms with Gasteiger partial charge < -0.3 is 10.6 Å². The van der Waals surface area contributed by atoms with E-state index in [4.69, 9.17) is 5.73 Å². The third-order valence-electron chi connectivity index (χ3n) is 3.41. The molecule has 2 saturated heterocycles. The Hall–Kier alpha value is -1.93. The Morgan fingerprint density at radius 1 is 1.38 bits per heavy atom. The molecule has 2 amide bonds. The van der Waals surface area contributed by atoms with Crippen molar-refractivity contribution >= 4 is 34.9 Å². The summed E-state index contributed by atoms with van der Waals surface area (Å²) in [5.74, 6) is 0.250. The van der Waals surface area contributed by atoms with Crippen molar-refractivity contribution in [3.8, 4) is 0 Å². The second-order valence-corrected chi connectivity index (χ2v) is 5.97. The molecule has 0 aromatic carbocycles. The van der Waals surface area contributed by atoms with Crippen molar-refractivity contribution < 1.29 is 9.59 Å². The first-order chi connectivity index (χ1) is 10.1. The third kappa shape index (κ3) is 3.22. The molecular weight excluding hydrogens is 290 g/mol. The van der Waals surface area contributed by atoms with Crippen LogP contribution in [-0.4, -0.2) is 40.2 Å². The molecule has 8 heteroatoms. The van der Waals surface area contributed by atoms with E-state index in [2.05, 4.69) is 20.2 Å². The van der Waals surface area contributed by atoms with Gasteiger partial charge in [-0.3, -0.25) is 14.9 Å². The second-order valence-electron chi connectivity index (χ2n) is 4.96. The molecule has 2 aliphatic heterocycles.